The fourth-order valence-corrected chi connectivity index (χ4v) is 1.83. The summed E-state index contributed by atoms with van der Waals surface area (Å²) in [6.07, 6.45) is 8.00. The van der Waals surface area contributed by atoms with Gasteiger partial charge in [-0.2, -0.15) is 9.67 Å². The molecule has 1 amide bonds. The van der Waals surface area contributed by atoms with Crippen LogP contribution < -0.4 is 9.99 Å². The van der Waals surface area contributed by atoms with E-state index in [2.05, 4.69) is 10.5 Å². The lowest BCUT2D eigenvalue weighted by Gasteiger charge is -1.96. The molecule has 0 spiro atoms. The molecular weight excluding hydrogens is 296 g/mol. The van der Waals surface area contributed by atoms with E-state index in [1.54, 1.807) is 41.2 Å². The Morgan fingerprint density at radius 3 is 2.70 bits per heavy atom. The average molecular weight is 311 g/mol. The molecule has 7 nitrogen and oxygen atoms in total. The second-order valence-electron chi connectivity index (χ2n) is 4.54. The van der Waals surface area contributed by atoms with E-state index >= 15 is 0 Å². The third-order valence-corrected chi connectivity index (χ3v) is 2.86. The largest absolute Gasteiger partial charge is 0.305 e. The van der Waals surface area contributed by atoms with Crippen molar-refractivity contribution in [2.24, 2.45) is 5.10 Å². The Kier molecular flexibility index (Phi) is 5.70. The summed E-state index contributed by atoms with van der Waals surface area (Å²) >= 11 is 0. The van der Waals surface area contributed by atoms with Gasteiger partial charge < -0.3 is 0 Å². The summed E-state index contributed by atoms with van der Waals surface area (Å²) in [4.78, 5) is 22.0. The highest BCUT2D eigenvalue weighted by molar-refractivity contribution is 5.81. The fourth-order valence-electron chi connectivity index (χ4n) is 1.83. The highest BCUT2D eigenvalue weighted by atomic mass is 16.6. The molecule has 2 rings (SSSR count). The number of benzene rings is 1. The number of hydrogen-bond donors (Lipinski definition) is 1. The van der Waals surface area contributed by atoms with E-state index in [9.17, 15) is 14.9 Å². The molecule has 1 aromatic carbocycles. The van der Waals surface area contributed by atoms with Gasteiger partial charge in [0.25, 0.3) is 5.69 Å². The summed E-state index contributed by atoms with van der Waals surface area (Å²) in [5, 5.41) is 14.6. The monoisotopic (exact) mass is 311 g/mol. The van der Waals surface area contributed by atoms with Crippen LogP contribution in [-0.4, -0.2) is 17.0 Å². The van der Waals surface area contributed by atoms with Gasteiger partial charge in [-0.3, -0.25) is 14.9 Å². The van der Waals surface area contributed by atoms with E-state index in [-0.39, 0.29) is 18.1 Å². The number of carbonyl (C=O) groups excluding carboxylic acids is 1. The van der Waals surface area contributed by atoms with Crippen LogP contribution in [0.1, 0.15) is 5.56 Å². The van der Waals surface area contributed by atoms with Crippen LogP contribution in [0.5, 0.6) is 0 Å². The number of para-hydroxylation sites is 1. The predicted octanol–water partition coefficient (Wildman–Crippen LogP) is 1.70. The number of nitrogens with one attached hydrogen (secondary N) is 1. The number of hydrazone groups is 1. The van der Waals surface area contributed by atoms with E-state index in [1.807, 2.05) is 18.2 Å². The van der Waals surface area contributed by atoms with E-state index in [1.165, 1.54) is 18.4 Å². The molecule has 0 fully saturated rings. The number of nitrogens with zero attached hydrogens (tertiary/aromatic N) is 3. The molecule has 23 heavy (non-hydrogen) atoms. The zero-order chi connectivity index (χ0) is 16.5. The van der Waals surface area contributed by atoms with Gasteiger partial charge in [-0.15, -0.1) is 0 Å². The number of nitro groups is 1. The molecule has 7 heteroatoms. The minimum absolute atomic E-state index is 0.0154. The maximum Gasteiger partial charge on any atom is 0.305 e. The molecule has 0 aliphatic carbocycles. The molecule has 0 saturated heterocycles. The van der Waals surface area contributed by atoms with Gasteiger partial charge in [-0.1, -0.05) is 18.2 Å². The van der Waals surface area contributed by atoms with Crippen LogP contribution in [-0.2, 0) is 11.3 Å². The van der Waals surface area contributed by atoms with Gasteiger partial charge in [-0.25, -0.2) is 5.43 Å². The van der Waals surface area contributed by atoms with Crippen LogP contribution in [0.4, 0.5) is 5.69 Å². The van der Waals surface area contributed by atoms with Crippen LogP contribution in [0.2, 0.25) is 0 Å². The first kappa shape index (κ1) is 16.0. The molecule has 0 aliphatic rings. The van der Waals surface area contributed by atoms with Crippen LogP contribution in [0.25, 0.3) is 6.08 Å². The number of rotatable bonds is 6. The summed E-state index contributed by atoms with van der Waals surface area (Å²) in [7, 11) is 0. The fraction of sp³-hybridized carbons (Fsp3) is 0.0625. The van der Waals surface area contributed by atoms with Crippen LogP contribution in [0.15, 0.2) is 66.0 Å². The number of nitro benzene ring substituents is 1. The van der Waals surface area contributed by atoms with Gasteiger partial charge in [0, 0.05) is 24.4 Å². The standard InChI is InChI=1S/C16H14N4O3/c21-16(13-19-11-4-1-5-12-19)18-17-10-6-8-14-7-2-3-9-15(14)20(22)23/h1-12H,13H2/p+1/b8-6+,17-10+. The molecule has 0 bridgehead atoms. The topological polar surface area (TPSA) is 88.5 Å². The molecule has 0 unspecified atom stereocenters. The first-order chi connectivity index (χ1) is 11.2. The molecule has 0 radical (unpaired) electrons. The Morgan fingerprint density at radius 2 is 1.96 bits per heavy atom. The number of hydrogen-bond acceptors (Lipinski definition) is 4. The van der Waals surface area contributed by atoms with Crippen molar-refractivity contribution in [3.63, 3.8) is 0 Å². The van der Waals surface area contributed by atoms with E-state index < -0.39 is 4.92 Å². The van der Waals surface area contributed by atoms with Crippen molar-refractivity contribution in [1.29, 1.82) is 0 Å². The first-order valence-corrected chi connectivity index (χ1v) is 6.83. The highest BCUT2D eigenvalue weighted by Crippen LogP contribution is 2.18. The Bertz CT molecular complexity index is 742. The molecule has 0 atom stereocenters. The van der Waals surface area contributed by atoms with Crippen molar-refractivity contribution in [3.05, 3.63) is 76.6 Å². The van der Waals surface area contributed by atoms with Gasteiger partial charge in [0.15, 0.2) is 12.4 Å². The quantitative estimate of drug-likeness (QED) is 0.381. The lowest BCUT2D eigenvalue weighted by molar-refractivity contribution is -0.684. The van der Waals surface area contributed by atoms with E-state index in [4.69, 9.17) is 0 Å². The van der Waals surface area contributed by atoms with Crippen molar-refractivity contribution < 1.29 is 14.3 Å². The van der Waals surface area contributed by atoms with Crippen molar-refractivity contribution in [2.75, 3.05) is 0 Å². The number of amides is 1. The van der Waals surface area contributed by atoms with E-state index in [0.29, 0.717) is 5.56 Å². The van der Waals surface area contributed by atoms with Crippen LogP contribution >= 0.6 is 0 Å². The maximum atomic E-state index is 11.6. The molecule has 2 aromatic rings. The highest BCUT2D eigenvalue weighted by Gasteiger charge is 2.08. The van der Waals surface area contributed by atoms with Gasteiger partial charge >= 0.3 is 5.91 Å². The Hall–Kier alpha value is -3.35. The summed E-state index contributed by atoms with van der Waals surface area (Å²) < 4.78 is 1.72. The summed E-state index contributed by atoms with van der Waals surface area (Å²) in [5.74, 6) is -0.267. The normalized spacial score (nSPS) is 11.0. The Morgan fingerprint density at radius 1 is 1.22 bits per heavy atom. The van der Waals surface area contributed by atoms with Gasteiger partial charge in [0.05, 0.1) is 10.5 Å². The van der Waals surface area contributed by atoms with Crippen molar-refractivity contribution in [3.8, 4) is 0 Å². The molecular formula is C16H15N4O3+. The van der Waals surface area contributed by atoms with Crippen molar-refractivity contribution >= 4 is 23.9 Å². The zero-order valence-corrected chi connectivity index (χ0v) is 12.2. The summed E-state index contributed by atoms with van der Waals surface area (Å²) in [5.41, 5.74) is 2.86. The van der Waals surface area contributed by atoms with Crippen LogP contribution in [0, 0.1) is 10.1 Å². The minimum atomic E-state index is -0.449. The SMILES string of the molecule is O=C(C[n+]1ccccc1)N/N=C/C=C/c1ccccc1[N+](=O)[O-]. The molecule has 1 aromatic heterocycles. The van der Waals surface area contributed by atoms with Gasteiger partial charge in [0.1, 0.15) is 0 Å². The second-order valence-corrected chi connectivity index (χ2v) is 4.54. The molecule has 1 heterocycles. The smallest absolute Gasteiger partial charge is 0.266 e. The van der Waals surface area contributed by atoms with Crippen molar-refractivity contribution in [1.82, 2.24) is 5.43 Å². The molecule has 116 valence electrons. The second kappa shape index (κ2) is 8.18. The first-order valence-electron chi connectivity index (χ1n) is 6.83. The van der Waals surface area contributed by atoms with Gasteiger partial charge in [0.2, 0.25) is 6.54 Å². The Balaban J connectivity index is 1.87. The number of pyridine rings is 1. The minimum Gasteiger partial charge on any atom is -0.266 e. The number of carbonyl (C=O) groups is 1. The molecule has 1 N–H and O–H groups in total. The lowest BCUT2D eigenvalue weighted by Crippen LogP contribution is -2.40. The Labute approximate surface area is 132 Å². The predicted molar refractivity (Wildman–Crippen MR) is 85.4 cm³/mol. The molecule has 0 saturated carbocycles. The number of allylic oxidation sites excluding steroid dienone is 1. The maximum absolute atomic E-state index is 11.6. The third kappa shape index (κ3) is 5.16. The van der Waals surface area contributed by atoms with Gasteiger partial charge in [-0.05, 0) is 18.2 Å². The molecule has 0 aliphatic heterocycles. The average Bonchev–Trinajstić information content (AvgIpc) is 2.55. The van der Waals surface area contributed by atoms with Crippen LogP contribution in [0.3, 0.4) is 0 Å². The zero-order valence-electron chi connectivity index (χ0n) is 12.2. The third-order valence-electron chi connectivity index (χ3n) is 2.86. The summed E-state index contributed by atoms with van der Waals surface area (Å²) in [6, 6.07) is 11.9. The van der Waals surface area contributed by atoms with Crippen molar-refractivity contribution in [2.45, 2.75) is 6.54 Å². The lowest BCUT2D eigenvalue weighted by atomic mass is 10.2. The summed E-state index contributed by atoms with van der Waals surface area (Å²) in [6.45, 7) is 0.159. The number of aromatic nitrogens is 1. The van der Waals surface area contributed by atoms with E-state index in [0.717, 1.165) is 0 Å².